The molecule has 3 N–H and O–H groups in total. The monoisotopic (exact) mass is 295 g/mol. The Morgan fingerprint density at radius 2 is 2.43 bits per heavy atom. The van der Waals surface area contributed by atoms with Gasteiger partial charge in [0, 0.05) is 24.7 Å². The zero-order chi connectivity index (χ0) is 15.2. The van der Waals surface area contributed by atoms with Crippen molar-refractivity contribution in [2.45, 2.75) is 25.4 Å². The summed E-state index contributed by atoms with van der Waals surface area (Å²) in [5.74, 6) is -0.0310. The minimum absolute atomic E-state index is 0.160. The summed E-state index contributed by atoms with van der Waals surface area (Å²) < 4.78 is 10.9. The first-order chi connectivity index (χ1) is 10.1. The highest BCUT2D eigenvalue weighted by Gasteiger charge is 2.19. The van der Waals surface area contributed by atoms with E-state index in [1.54, 1.807) is 0 Å². The molecular formula is C13H17N3O5. The maximum atomic E-state index is 11.1. The molecule has 1 heterocycles. The van der Waals surface area contributed by atoms with E-state index in [-0.39, 0.29) is 28.9 Å². The Morgan fingerprint density at radius 3 is 3.05 bits per heavy atom. The second-order valence-electron chi connectivity index (χ2n) is 4.70. The Labute approximate surface area is 121 Å². The normalized spacial score (nSPS) is 18.7. The Kier molecular flexibility index (Phi) is 4.94. The molecule has 0 radical (unpaired) electrons. The zero-order valence-electron chi connectivity index (χ0n) is 11.4. The molecule has 8 nitrogen and oxygen atoms in total. The molecule has 1 unspecified atom stereocenters. The standard InChI is InChI=1S/C13H17N3O5/c14-13(15-17)9-3-4-12(11(8-9)16(18)19)21-7-5-10-2-1-6-20-10/h3-4,8,10,17H,1-2,5-7H2,(H2,14,15). The number of hydrogen-bond donors (Lipinski definition) is 2. The van der Waals surface area contributed by atoms with E-state index in [2.05, 4.69) is 5.16 Å². The van der Waals surface area contributed by atoms with Crippen LogP contribution in [0.5, 0.6) is 5.75 Å². The maximum absolute atomic E-state index is 11.1. The van der Waals surface area contributed by atoms with Gasteiger partial charge in [0.05, 0.1) is 17.6 Å². The van der Waals surface area contributed by atoms with Gasteiger partial charge in [-0.2, -0.15) is 0 Å². The molecule has 0 amide bonds. The summed E-state index contributed by atoms with van der Waals surface area (Å²) in [5.41, 5.74) is 5.46. The van der Waals surface area contributed by atoms with Crippen LogP contribution in [0.3, 0.4) is 0 Å². The van der Waals surface area contributed by atoms with Gasteiger partial charge in [0.2, 0.25) is 0 Å². The average molecular weight is 295 g/mol. The van der Waals surface area contributed by atoms with Crippen LogP contribution in [0.2, 0.25) is 0 Å². The minimum atomic E-state index is -0.560. The van der Waals surface area contributed by atoms with Crippen LogP contribution in [0.15, 0.2) is 23.4 Å². The number of nitro benzene ring substituents is 1. The molecule has 0 aliphatic carbocycles. The molecule has 21 heavy (non-hydrogen) atoms. The fourth-order valence-electron chi connectivity index (χ4n) is 2.17. The second-order valence-corrected chi connectivity index (χ2v) is 4.70. The van der Waals surface area contributed by atoms with Gasteiger partial charge in [0.15, 0.2) is 11.6 Å². The number of nitrogens with zero attached hydrogens (tertiary/aromatic N) is 2. The number of amidine groups is 1. The number of hydrogen-bond acceptors (Lipinski definition) is 6. The van der Waals surface area contributed by atoms with Crippen LogP contribution in [0, 0.1) is 10.1 Å². The summed E-state index contributed by atoms with van der Waals surface area (Å²) in [6, 6.07) is 4.17. The molecule has 2 rings (SSSR count). The summed E-state index contributed by atoms with van der Waals surface area (Å²) >= 11 is 0. The number of benzene rings is 1. The first kappa shape index (κ1) is 15.0. The van der Waals surface area contributed by atoms with E-state index in [0.717, 1.165) is 19.4 Å². The maximum Gasteiger partial charge on any atom is 0.311 e. The van der Waals surface area contributed by atoms with Gasteiger partial charge in [-0.05, 0) is 25.0 Å². The third-order valence-corrected chi connectivity index (χ3v) is 3.28. The van der Waals surface area contributed by atoms with Crippen molar-refractivity contribution >= 4 is 11.5 Å². The predicted octanol–water partition coefficient (Wildman–Crippen LogP) is 1.64. The highest BCUT2D eigenvalue weighted by molar-refractivity contribution is 5.97. The summed E-state index contributed by atoms with van der Waals surface area (Å²) in [6.07, 6.45) is 2.90. The van der Waals surface area contributed by atoms with Crippen molar-refractivity contribution in [3.05, 3.63) is 33.9 Å². The lowest BCUT2D eigenvalue weighted by molar-refractivity contribution is -0.385. The molecule has 114 valence electrons. The third kappa shape index (κ3) is 3.82. The van der Waals surface area contributed by atoms with Crippen LogP contribution in [0.25, 0.3) is 0 Å². The summed E-state index contributed by atoms with van der Waals surface area (Å²) in [7, 11) is 0. The lowest BCUT2D eigenvalue weighted by atomic mass is 10.1. The third-order valence-electron chi connectivity index (χ3n) is 3.28. The van der Waals surface area contributed by atoms with Crippen molar-refractivity contribution in [1.82, 2.24) is 0 Å². The van der Waals surface area contributed by atoms with Crippen molar-refractivity contribution in [2.75, 3.05) is 13.2 Å². The van der Waals surface area contributed by atoms with Crippen molar-refractivity contribution in [1.29, 1.82) is 0 Å². The number of rotatable bonds is 6. The fourth-order valence-corrected chi connectivity index (χ4v) is 2.17. The van der Waals surface area contributed by atoms with E-state index in [1.807, 2.05) is 0 Å². The molecule has 1 aliphatic heterocycles. The fraction of sp³-hybridized carbons (Fsp3) is 0.462. The molecule has 1 atom stereocenters. The highest BCUT2D eigenvalue weighted by Crippen LogP contribution is 2.28. The van der Waals surface area contributed by atoms with E-state index in [4.69, 9.17) is 20.4 Å². The van der Waals surface area contributed by atoms with Gasteiger partial charge >= 0.3 is 5.69 Å². The van der Waals surface area contributed by atoms with Crippen molar-refractivity contribution < 1.29 is 19.6 Å². The van der Waals surface area contributed by atoms with Crippen LogP contribution < -0.4 is 10.5 Å². The summed E-state index contributed by atoms with van der Waals surface area (Å²) in [4.78, 5) is 10.5. The molecule has 0 saturated carbocycles. The van der Waals surface area contributed by atoms with Gasteiger partial charge in [0.1, 0.15) is 0 Å². The Balaban J connectivity index is 2.05. The first-order valence-corrected chi connectivity index (χ1v) is 6.62. The van der Waals surface area contributed by atoms with Gasteiger partial charge in [-0.15, -0.1) is 0 Å². The summed E-state index contributed by atoms with van der Waals surface area (Å²) in [5, 5.41) is 22.5. The van der Waals surface area contributed by atoms with Crippen LogP contribution in [0.1, 0.15) is 24.8 Å². The molecule has 1 aromatic rings. The molecule has 1 aliphatic rings. The minimum Gasteiger partial charge on any atom is -0.487 e. The van der Waals surface area contributed by atoms with Crippen molar-refractivity contribution in [3.63, 3.8) is 0 Å². The molecule has 1 aromatic carbocycles. The zero-order valence-corrected chi connectivity index (χ0v) is 11.4. The Morgan fingerprint density at radius 1 is 1.62 bits per heavy atom. The van der Waals surface area contributed by atoms with E-state index < -0.39 is 4.92 Å². The number of ether oxygens (including phenoxy) is 2. The molecule has 1 fully saturated rings. The van der Waals surface area contributed by atoms with Gasteiger partial charge in [-0.3, -0.25) is 10.1 Å². The van der Waals surface area contributed by atoms with E-state index in [9.17, 15) is 10.1 Å². The van der Waals surface area contributed by atoms with Crippen LogP contribution in [0.4, 0.5) is 5.69 Å². The van der Waals surface area contributed by atoms with Gasteiger partial charge in [-0.1, -0.05) is 5.16 Å². The molecule has 0 spiro atoms. The topological polar surface area (TPSA) is 120 Å². The molecular weight excluding hydrogens is 278 g/mol. The SMILES string of the molecule is NC(=NO)c1ccc(OCCC2CCCO2)c([N+](=O)[O-])c1. The Bertz CT molecular complexity index is 541. The first-order valence-electron chi connectivity index (χ1n) is 6.62. The highest BCUT2D eigenvalue weighted by atomic mass is 16.6. The number of nitrogens with two attached hydrogens (primary N) is 1. The van der Waals surface area contributed by atoms with Gasteiger partial charge < -0.3 is 20.4 Å². The van der Waals surface area contributed by atoms with Crippen LogP contribution in [-0.2, 0) is 4.74 Å². The van der Waals surface area contributed by atoms with Crippen LogP contribution >= 0.6 is 0 Å². The quantitative estimate of drug-likeness (QED) is 0.270. The molecule has 0 aromatic heterocycles. The van der Waals surface area contributed by atoms with Crippen molar-refractivity contribution in [2.24, 2.45) is 10.9 Å². The van der Waals surface area contributed by atoms with E-state index in [0.29, 0.717) is 13.0 Å². The molecule has 0 bridgehead atoms. The lowest BCUT2D eigenvalue weighted by Gasteiger charge is -2.11. The largest absolute Gasteiger partial charge is 0.487 e. The number of nitro groups is 1. The summed E-state index contributed by atoms with van der Waals surface area (Å²) in [6.45, 7) is 1.10. The van der Waals surface area contributed by atoms with Crippen LogP contribution in [-0.4, -0.2) is 35.3 Å². The van der Waals surface area contributed by atoms with E-state index in [1.165, 1.54) is 18.2 Å². The lowest BCUT2D eigenvalue weighted by Crippen LogP contribution is -2.14. The van der Waals surface area contributed by atoms with Gasteiger partial charge in [-0.25, -0.2) is 0 Å². The molecule has 8 heteroatoms. The smallest absolute Gasteiger partial charge is 0.311 e. The number of oxime groups is 1. The van der Waals surface area contributed by atoms with Crippen molar-refractivity contribution in [3.8, 4) is 5.75 Å². The predicted molar refractivity (Wildman–Crippen MR) is 74.7 cm³/mol. The van der Waals surface area contributed by atoms with E-state index >= 15 is 0 Å². The average Bonchev–Trinajstić information content (AvgIpc) is 2.99. The van der Waals surface area contributed by atoms with Gasteiger partial charge in [0.25, 0.3) is 0 Å². The second kappa shape index (κ2) is 6.89. The molecule has 1 saturated heterocycles. The Hall–Kier alpha value is -2.35.